The number of rotatable bonds is 11. The molecule has 0 saturated heterocycles. The maximum absolute atomic E-state index is 5.65. The van der Waals surface area contributed by atoms with E-state index >= 15 is 0 Å². The molecule has 1 atom stereocenters. The zero-order chi connectivity index (χ0) is 14.6. The van der Waals surface area contributed by atoms with Crippen LogP contribution in [-0.4, -0.2) is 46.4 Å². The standard InChI is InChI=1S/C15H24O5/c1-4-17-9-10-18-11-12-19-13(2)20-15-8-6-5-7-14(15)16-3/h5-8,13H,4,9-12H2,1-3H3. The Hall–Kier alpha value is -1.30. The first-order valence-corrected chi connectivity index (χ1v) is 6.84. The van der Waals surface area contributed by atoms with E-state index in [1.165, 1.54) is 0 Å². The summed E-state index contributed by atoms with van der Waals surface area (Å²) in [7, 11) is 1.61. The number of methoxy groups -OCH3 is 1. The zero-order valence-corrected chi connectivity index (χ0v) is 12.5. The molecule has 0 aliphatic heterocycles. The van der Waals surface area contributed by atoms with Crippen molar-refractivity contribution in [3.63, 3.8) is 0 Å². The van der Waals surface area contributed by atoms with Gasteiger partial charge in [0.15, 0.2) is 17.8 Å². The van der Waals surface area contributed by atoms with Gasteiger partial charge in [0.05, 0.1) is 33.5 Å². The van der Waals surface area contributed by atoms with Gasteiger partial charge in [-0.15, -0.1) is 0 Å². The zero-order valence-electron chi connectivity index (χ0n) is 12.5. The van der Waals surface area contributed by atoms with Crippen LogP contribution in [0.15, 0.2) is 24.3 Å². The molecule has 0 aromatic heterocycles. The van der Waals surface area contributed by atoms with Gasteiger partial charge in [0, 0.05) is 6.61 Å². The summed E-state index contributed by atoms with van der Waals surface area (Å²) in [5.41, 5.74) is 0. The van der Waals surface area contributed by atoms with Crippen LogP contribution in [0.3, 0.4) is 0 Å². The van der Waals surface area contributed by atoms with Crippen LogP contribution in [0.2, 0.25) is 0 Å². The molecule has 0 amide bonds. The van der Waals surface area contributed by atoms with Crippen LogP contribution in [0.25, 0.3) is 0 Å². The van der Waals surface area contributed by atoms with E-state index in [1.54, 1.807) is 7.11 Å². The summed E-state index contributed by atoms with van der Waals surface area (Å²) in [5.74, 6) is 1.36. The molecule has 1 aromatic rings. The molecule has 0 heterocycles. The molecule has 0 bridgehead atoms. The molecule has 0 aliphatic rings. The fourth-order valence-corrected chi connectivity index (χ4v) is 1.57. The van der Waals surface area contributed by atoms with E-state index < -0.39 is 0 Å². The number of benzene rings is 1. The Labute approximate surface area is 120 Å². The second kappa shape index (κ2) is 10.5. The van der Waals surface area contributed by atoms with Crippen molar-refractivity contribution in [2.75, 3.05) is 40.1 Å². The van der Waals surface area contributed by atoms with Gasteiger partial charge in [0.25, 0.3) is 0 Å². The predicted molar refractivity (Wildman–Crippen MR) is 76.3 cm³/mol. The highest BCUT2D eigenvalue weighted by molar-refractivity contribution is 5.39. The van der Waals surface area contributed by atoms with Gasteiger partial charge in [-0.1, -0.05) is 12.1 Å². The smallest absolute Gasteiger partial charge is 0.197 e. The van der Waals surface area contributed by atoms with Crippen molar-refractivity contribution in [1.29, 1.82) is 0 Å². The monoisotopic (exact) mass is 284 g/mol. The average Bonchev–Trinajstić information content (AvgIpc) is 2.47. The third-order valence-corrected chi connectivity index (χ3v) is 2.52. The molecule has 1 aromatic carbocycles. The Bertz CT molecular complexity index is 356. The summed E-state index contributed by atoms with van der Waals surface area (Å²) in [6, 6.07) is 7.47. The second-order valence-electron chi connectivity index (χ2n) is 4.02. The maximum Gasteiger partial charge on any atom is 0.197 e. The first-order valence-electron chi connectivity index (χ1n) is 6.84. The summed E-state index contributed by atoms with van der Waals surface area (Å²) in [6.45, 7) is 6.70. The summed E-state index contributed by atoms with van der Waals surface area (Å²) in [5, 5.41) is 0. The Morgan fingerprint density at radius 1 is 0.950 bits per heavy atom. The van der Waals surface area contributed by atoms with Gasteiger partial charge in [-0.25, -0.2) is 0 Å². The summed E-state index contributed by atoms with van der Waals surface area (Å²) in [4.78, 5) is 0. The topological polar surface area (TPSA) is 46.2 Å². The first kappa shape index (κ1) is 16.8. The van der Waals surface area contributed by atoms with Gasteiger partial charge in [0.2, 0.25) is 0 Å². The predicted octanol–water partition coefficient (Wildman–Crippen LogP) is 2.49. The molecule has 114 valence electrons. The molecule has 0 spiro atoms. The Morgan fingerprint density at radius 2 is 1.60 bits per heavy atom. The molecule has 1 rings (SSSR count). The van der Waals surface area contributed by atoms with Crippen LogP contribution in [0.5, 0.6) is 11.5 Å². The third kappa shape index (κ3) is 6.75. The van der Waals surface area contributed by atoms with E-state index in [9.17, 15) is 0 Å². The lowest BCUT2D eigenvalue weighted by Gasteiger charge is -2.17. The van der Waals surface area contributed by atoms with Crippen molar-refractivity contribution >= 4 is 0 Å². The normalized spacial score (nSPS) is 12.2. The van der Waals surface area contributed by atoms with Crippen LogP contribution in [0.4, 0.5) is 0 Å². The molecule has 5 heteroatoms. The summed E-state index contributed by atoms with van der Waals surface area (Å²) in [6.07, 6.45) is -0.359. The Balaban J connectivity index is 2.15. The summed E-state index contributed by atoms with van der Waals surface area (Å²) < 4.78 is 26.9. The third-order valence-electron chi connectivity index (χ3n) is 2.52. The van der Waals surface area contributed by atoms with E-state index in [0.29, 0.717) is 44.5 Å². The molecule has 0 saturated carbocycles. The van der Waals surface area contributed by atoms with Crippen molar-refractivity contribution in [2.24, 2.45) is 0 Å². The molecule has 1 unspecified atom stereocenters. The highest BCUT2D eigenvalue weighted by Crippen LogP contribution is 2.26. The van der Waals surface area contributed by atoms with Crippen LogP contribution >= 0.6 is 0 Å². The van der Waals surface area contributed by atoms with Crippen molar-refractivity contribution in [3.8, 4) is 11.5 Å². The highest BCUT2D eigenvalue weighted by atomic mass is 16.7. The minimum absolute atomic E-state index is 0.359. The van der Waals surface area contributed by atoms with Crippen LogP contribution in [0.1, 0.15) is 13.8 Å². The molecule has 0 aliphatic carbocycles. The van der Waals surface area contributed by atoms with E-state index in [2.05, 4.69) is 0 Å². The average molecular weight is 284 g/mol. The van der Waals surface area contributed by atoms with Gasteiger partial charge in [-0.05, 0) is 26.0 Å². The highest BCUT2D eigenvalue weighted by Gasteiger charge is 2.08. The largest absolute Gasteiger partial charge is 0.493 e. The lowest BCUT2D eigenvalue weighted by molar-refractivity contribution is -0.0866. The van der Waals surface area contributed by atoms with Crippen molar-refractivity contribution in [3.05, 3.63) is 24.3 Å². The minimum atomic E-state index is -0.359. The van der Waals surface area contributed by atoms with Gasteiger partial charge in [-0.2, -0.15) is 0 Å². The fraction of sp³-hybridized carbons (Fsp3) is 0.600. The Morgan fingerprint density at radius 3 is 2.30 bits per heavy atom. The van der Waals surface area contributed by atoms with Crippen LogP contribution in [0, 0.1) is 0 Å². The lowest BCUT2D eigenvalue weighted by atomic mass is 10.3. The Kier molecular flexibility index (Phi) is 8.78. The van der Waals surface area contributed by atoms with E-state index in [1.807, 2.05) is 38.1 Å². The van der Waals surface area contributed by atoms with Crippen LogP contribution in [-0.2, 0) is 14.2 Å². The van der Waals surface area contributed by atoms with Gasteiger partial charge in [-0.3, -0.25) is 0 Å². The SMILES string of the molecule is CCOCCOCCOC(C)Oc1ccccc1OC. The summed E-state index contributed by atoms with van der Waals surface area (Å²) >= 11 is 0. The van der Waals surface area contributed by atoms with Gasteiger partial charge >= 0.3 is 0 Å². The number of hydrogen-bond acceptors (Lipinski definition) is 5. The maximum atomic E-state index is 5.65. The molecular weight excluding hydrogens is 260 g/mol. The number of ether oxygens (including phenoxy) is 5. The number of para-hydroxylation sites is 2. The van der Waals surface area contributed by atoms with Crippen molar-refractivity contribution in [1.82, 2.24) is 0 Å². The first-order chi connectivity index (χ1) is 9.77. The molecule has 0 fully saturated rings. The van der Waals surface area contributed by atoms with Crippen LogP contribution < -0.4 is 9.47 Å². The molecule has 0 radical (unpaired) electrons. The molecule has 5 nitrogen and oxygen atoms in total. The van der Waals surface area contributed by atoms with Gasteiger partial charge in [0.1, 0.15) is 0 Å². The van der Waals surface area contributed by atoms with E-state index in [-0.39, 0.29) is 6.29 Å². The van der Waals surface area contributed by atoms with Crippen molar-refractivity contribution in [2.45, 2.75) is 20.1 Å². The van der Waals surface area contributed by atoms with E-state index in [0.717, 1.165) is 0 Å². The number of hydrogen-bond donors (Lipinski definition) is 0. The van der Waals surface area contributed by atoms with Crippen molar-refractivity contribution < 1.29 is 23.7 Å². The molecular formula is C15H24O5. The lowest BCUT2D eigenvalue weighted by Crippen LogP contribution is -2.20. The van der Waals surface area contributed by atoms with Gasteiger partial charge < -0.3 is 23.7 Å². The molecule has 0 N–H and O–H groups in total. The van der Waals surface area contributed by atoms with E-state index in [4.69, 9.17) is 23.7 Å². The second-order valence-corrected chi connectivity index (χ2v) is 4.02. The fourth-order valence-electron chi connectivity index (χ4n) is 1.57. The quantitative estimate of drug-likeness (QED) is 0.461. The minimum Gasteiger partial charge on any atom is -0.493 e. The molecule has 20 heavy (non-hydrogen) atoms.